The van der Waals surface area contributed by atoms with E-state index in [9.17, 15) is 10.2 Å². The Labute approximate surface area is 148 Å². The summed E-state index contributed by atoms with van der Waals surface area (Å²) in [5.74, 6) is 1.96. The number of ether oxygens (including phenoxy) is 2. The minimum Gasteiger partial charge on any atom is -0.396 e. The summed E-state index contributed by atoms with van der Waals surface area (Å²) in [4.78, 5) is 0. The van der Waals surface area contributed by atoms with Crippen molar-refractivity contribution in [1.82, 2.24) is 0 Å². The zero-order valence-corrected chi connectivity index (χ0v) is 17.0. The highest BCUT2D eigenvalue weighted by Crippen LogP contribution is 2.43. The standard InChI is InChI=1S/C20H40O4/c1-13(2)15-12-23-18(17(15)14(3)4)16(11-21)20(7,8)24-10-9-19(5,6)22/h13-18,21-22H,9-12H2,1-8H3/t15?,16?,17-,18?/m0/s1. The molecule has 2 N–H and O–H groups in total. The lowest BCUT2D eigenvalue weighted by Crippen LogP contribution is -2.48. The molecule has 24 heavy (non-hydrogen) atoms. The Balaban J connectivity index is 2.86. The Morgan fingerprint density at radius 2 is 1.67 bits per heavy atom. The van der Waals surface area contributed by atoms with Crippen LogP contribution >= 0.6 is 0 Å². The van der Waals surface area contributed by atoms with Crippen LogP contribution in [0.5, 0.6) is 0 Å². The highest BCUT2D eigenvalue weighted by atomic mass is 16.5. The molecule has 0 aromatic rings. The molecule has 0 bridgehead atoms. The van der Waals surface area contributed by atoms with E-state index < -0.39 is 11.2 Å². The van der Waals surface area contributed by atoms with Crippen molar-refractivity contribution in [3.05, 3.63) is 0 Å². The Morgan fingerprint density at radius 1 is 1.08 bits per heavy atom. The minimum absolute atomic E-state index is 0.0135. The summed E-state index contributed by atoms with van der Waals surface area (Å²) in [7, 11) is 0. The first-order chi connectivity index (χ1) is 10.9. The normalized spacial score (nSPS) is 27.2. The van der Waals surface area contributed by atoms with E-state index in [1.54, 1.807) is 13.8 Å². The van der Waals surface area contributed by atoms with E-state index in [1.807, 2.05) is 13.8 Å². The topological polar surface area (TPSA) is 58.9 Å². The van der Waals surface area contributed by atoms with Crippen LogP contribution in [0.4, 0.5) is 0 Å². The lowest BCUT2D eigenvalue weighted by atomic mass is 9.71. The number of hydrogen-bond acceptors (Lipinski definition) is 4. The van der Waals surface area contributed by atoms with Crippen LogP contribution in [0.15, 0.2) is 0 Å². The zero-order valence-electron chi connectivity index (χ0n) is 17.0. The third kappa shape index (κ3) is 5.69. The zero-order chi connectivity index (χ0) is 18.7. The van der Waals surface area contributed by atoms with Crippen LogP contribution in [0.3, 0.4) is 0 Å². The predicted molar refractivity (Wildman–Crippen MR) is 97.9 cm³/mol. The van der Waals surface area contributed by atoms with Gasteiger partial charge in [0.25, 0.3) is 0 Å². The fraction of sp³-hybridized carbons (Fsp3) is 1.00. The molecule has 1 fully saturated rings. The first-order valence-electron chi connectivity index (χ1n) is 9.49. The maximum Gasteiger partial charge on any atom is 0.0701 e. The van der Waals surface area contributed by atoms with Crippen LogP contribution in [0.2, 0.25) is 0 Å². The molecule has 4 nitrogen and oxygen atoms in total. The van der Waals surface area contributed by atoms with E-state index in [-0.39, 0.29) is 18.6 Å². The van der Waals surface area contributed by atoms with E-state index in [0.29, 0.717) is 36.7 Å². The molecule has 4 heteroatoms. The molecule has 0 spiro atoms. The Kier molecular flexibility index (Phi) is 7.73. The highest BCUT2D eigenvalue weighted by Gasteiger charge is 2.48. The molecule has 4 atom stereocenters. The summed E-state index contributed by atoms with van der Waals surface area (Å²) in [6.45, 7) is 17.9. The summed E-state index contributed by atoms with van der Waals surface area (Å²) < 4.78 is 12.3. The van der Waals surface area contributed by atoms with Gasteiger partial charge in [-0.1, -0.05) is 27.7 Å². The summed E-state index contributed by atoms with van der Waals surface area (Å²) in [6, 6.07) is 0. The van der Waals surface area contributed by atoms with Gasteiger partial charge >= 0.3 is 0 Å². The minimum atomic E-state index is -0.738. The van der Waals surface area contributed by atoms with Gasteiger partial charge in [0, 0.05) is 5.92 Å². The maximum absolute atomic E-state index is 10.1. The number of aliphatic hydroxyl groups excluding tert-OH is 1. The van der Waals surface area contributed by atoms with E-state index in [2.05, 4.69) is 27.7 Å². The highest BCUT2D eigenvalue weighted by molar-refractivity contribution is 4.96. The van der Waals surface area contributed by atoms with Crippen molar-refractivity contribution >= 4 is 0 Å². The van der Waals surface area contributed by atoms with Gasteiger partial charge in [0.15, 0.2) is 0 Å². The Morgan fingerprint density at radius 3 is 2.08 bits per heavy atom. The average Bonchev–Trinajstić information content (AvgIpc) is 2.82. The molecule has 3 unspecified atom stereocenters. The molecule has 1 aliphatic rings. The quantitative estimate of drug-likeness (QED) is 0.672. The van der Waals surface area contributed by atoms with Crippen LogP contribution in [-0.2, 0) is 9.47 Å². The third-order valence-corrected chi connectivity index (χ3v) is 5.66. The van der Waals surface area contributed by atoms with Crippen molar-refractivity contribution in [2.75, 3.05) is 19.8 Å². The molecule has 0 saturated carbocycles. The van der Waals surface area contributed by atoms with Gasteiger partial charge in [-0.2, -0.15) is 0 Å². The second-order valence-electron chi connectivity index (χ2n) is 9.33. The summed E-state index contributed by atoms with van der Waals surface area (Å²) >= 11 is 0. The first kappa shape index (κ1) is 21.9. The molecule has 1 rings (SSSR count). The molecule has 1 aliphatic heterocycles. The van der Waals surface area contributed by atoms with Gasteiger partial charge in [-0.3, -0.25) is 0 Å². The lowest BCUT2D eigenvalue weighted by Gasteiger charge is -2.41. The fourth-order valence-electron chi connectivity index (χ4n) is 3.97. The Hall–Kier alpha value is -0.160. The van der Waals surface area contributed by atoms with E-state index in [4.69, 9.17) is 9.47 Å². The van der Waals surface area contributed by atoms with Crippen molar-refractivity contribution in [1.29, 1.82) is 0 Å². The third-order valence-electron chi connectivity index (χ3n) is 5.66. The maximum atomic E-state index is 10.1. The first-order valence-corrected chi connectivity index (χ1v) is 9.49. The fourth-order valence-corrected chi connectivity index (χ4v) is 3.97. The summed E-state index contributed by atoms with van der Waals surface area (Å²) in [6.07, 6.45) is 0.585. The second kappa shape index (κ2) is 8.48. The molecule has 144 valence electrons. The number of hydrogen-bond donors (Lipinski definition) is 2. The van der Waals surface area contributed by atoms with Crippen molar-refractivity contribution < 1.29 is 19.7 Å². The van der Waals surface area contributed by atoms with Crippen molar-refractivity contribution in [2.24, 2.45) is 29.6 Å². The van der Waals surface area contributed by atoms with Crippen LogP contribution in [0, 0.1) is 29.6 Å². The van der Waals surface area contributed by atoms with E-state index in [1.165, 1.54) is 0 Å². The predicted octanol–water partition coefficient (Wildman–Crippen LogP) is 3.49. The summed E-state index contributed by atoms with van der Waals surface area (Å²) in [5.41, 5.74) is -1.23. The smallest absolute Gasteiger partial charge is 0.0701 e. The van der Waals surface area contributed by atoms with Crippen LogP contribution in [-0.4, -0.2) is 47.3 Å². The van der Waals surface area contributed by atoms with Gasteiger partial charge in [-0.15, -0.1) is 0 Å². The molecule has 0 aliphatic carbocycles. The van der Waals surface area contributed by atoms with E-state index >= 15 is 0 Å². The summed E-state index contributed by atoms with van der Waals surface area (Å²) in [5, 5.41) is 20.0. The molecule has 0 aromatic heterocycles. The molecular formula is C20H40O4. The van der Waals surface area contributed by atoms with Gasteiger partial charge in [0.2, 0.25) is 0 Å². The molecular weight excluding hydrogens is 304 g/mol. The van der Waals surface area contributed by atoms with Gasteiger partial charge < -0.3 is 19.7 Å². The van der Waals surface area contributed by atoms with Crippen molar-refractivity contribution in [3.63, 3.8) is 0 Å². The number of aliphatic hydroxyl groups is 2. The SMILES string of the molecule is CC(C)C1COC(C(CO)C(C)(C)OCCC(C)(C)O)[C@H]1C(C)C. The Bertz CT molecular complexity index is 370. The van der Waals surface area contributed by atoms with Crippen LogP contribution in [0.1, 0.15) is 61.8 Å². The van der Waals surface area contributed by atoms with Gasteiger partial charge in [0.05, 0.1) is 37.1 Å². The monoisotopic (exact) mass is 344 g/mol. The van der Waals surface area contributed by atoms with Crippen molar-refractivity contribution in [2.45, 2.75) is 79.1 Å². The van der Waals surface area contributed by atoms with Gasteiger partial charge in [-0.25, -0.2) is 0 Å². The van der Waals surface area contributed by atoms with Crippen LogP contribution in [0.25, 0.3) is 0 Å². The largest absolute Gasteiger partial charge is 0.396 e. The second-order valence-corrected chi connectivity index (χ2v) is 9.33. The van der Waals surface area contributed by atoms with E-state index in [0.717, 1.165) is 6.61 Å². The molecule has 0 amide bonds. The molecule has 0 aromatic carbocycles. The molecule has 0 radical (unpaired) electrons. The van der Waals surface area contributed by atoms with Crippen molar-refractivity contribution in [3.8, 4) is 0 Å². The molecule has 1 heterocycles. The van der Waals surface area contributed by atoms with Crippen LogP contribution < -0.4 is 0 Å². The number of rotatable bonds is 9. The lowest BCUT2D eigenvalue weighted by molar-refractivity contribution is -0.133. The van der Waals surface area contributed by atoms with Gasteiger partial charge in [0.1, 0.15) is 0 Å². The average molecular weight is 345 g/mol. The molecule has 1 saturated heterocycles. The van der Waals surface area contributed by atoms with Gasteiger partial charge in [-0.05, 0) is 57.8 Å².